The molecule has 0 amide bonds. The van der Waals surface area contributed by atoms with Gasteiger partial charge in [-0.05, 0) is 55.9 Å². The van der Waals surface area contributed by atoms with E-state index in [1.54, 1.807) is 0 Å². The van der Waals surface area contributed by atoms with E-state index in [9.17, 15) is 4.79 Å². The fourth-order valence-corrected chi connectivity index (χ4v) is 6.29. The summed E-state index contributed by atoms with van der Waals surface area (Å²) < 4.78 is 17.5. The van der Waals surface area contributed by atoms with Crippen molar-refractivity contribution in [3.05, 3.63) is 11.6 Å². The quantitative estimate of drug-likeness (QED) is 0.527. The van der Waals surface area contributed by atoms with Crippen LogP contribution >= 0.6 is 0 Å². The number of rotatable bonds is 4. The standard InChI is InChI=1S/C22H36O4/c1-15-14-18(26-16(2)23)19-20(3,4)9-7-10-21(19,5)17(15)8-11-22(6)24-12-13-25-22/h14,17-19H,7-13H2,1-6H3/t17-,18+,19?,21+/m0/s1. The molecule has 1 unspecified atom stereocenters. The first-order valence-electron chi connectivity index (χ1n) is 10.2. The maximum atomic E-state index is 11.7. The minimum Gasteiger partial charge on any atom is -0.458 e. The molecule has 1 heterocycles. The van der Waals surface area contributed by atoms with Crippen molar-refractivity contribution in [1.82, 2.24) is 0 Å². The van der Waals surface area contributed by atoms with Gasteiger partial charge in [0.2, 0.25) is 0 Å². The van der Waals surface area contributed by atoms with Crippen molar-refractivity contribution in [2.24, 2.45) is 22.7 Å². The van der Waals surface area contributed by atoms with Crippen LogP contribution in [0.4, 0.5) is 0 Å². The zero-order valence-corrected chi connectivity index (χ0v) is 17.4. The maximum absolute atomic E-state index is 11.7. The van der Waals surface area contributed by atoms with Crippen LogP contribution in [0.5, 0.6) is 0 Å². The molecule has 3 rings (SSSR count). The second kappa shape index (κ2) is 6.94. The van der Waals surface area contributed by atoms with Crippen molar-refractivity contribution >= 4 is 5.97 Å². The highest BCUT2D eigenvalue weighted by molar-refractivity contribution is 5.66. The summed E-state index contributed by atoms with van der Waals surface area (Å²) >= 11 is 0. The molecule has 148 valence electrons. The third-order valence-corrected chi connectivity index (χ3v) is 7.28. The fourth-order valence-electron chi connectivity index (χ4n) is 6.29. The highest BCUT2D eigenvalue weighted by Crippen LogP contribution is 2.61. The molecule has 3 aliphatic rings. The Morgan fingerprint density at radius 1 is 1.19 bits per heavy atom. The van der Waals surface area contributed by atoms with E-state index in [0.29, 0.717) is 25.0 Å². The number of carbonyl (C=O) groups is 1. The zero-order chi connectivity index (χ0) is 19.2. The lowest BCUT2D eigenvalue weighted by molar-refractivity contribution is -0.166. The van der Waals surface area contributed by atoms with Gasteiger partial charge in [0.05, 0.1) is 13.2 Å². The van der Waals surface area contributed by atoms with Gasteiger partial charge in [0.1, 0.15) is 6.10 Å². The highest BCUT2D eigenvalue weighted by atomic mass is 16.7. The summed E-state index contributed by atoms with van der Waals surface area (Å²) in [6.45, 7) is 14.3. The number of carbonyl (C=O) groups excluding carboxylic acids is 1. The maximum Gasteiger partial charge on any atom is 0.303 e. The first kappa shape index (κ1) is 19.9. The Morgan fingerprint density at radius 3 is 2.46 bits per heavy atom. The monoisotopic (exact) mass is 364 g/mol. The van der Waals surface area contributed by atoms with Crippen molar-refractivity contribution < 1.29 is 19.0 Å². The van der Waals surface area contributed by atoms with E-state index in [1.807, 2.05) is 0 Å². The molecule has 0 N–H and O–H groups in total. The first-order valence-corrected chi connectivity index (χ1v) is 10.2. The van der Waals surface area contributed by atoms with E-state index in [4.69, 9.17) is 14.2 Å². The molecule has 0 aromatic heterocycles. The van der Waals surface area contributed by atoms with Crippen molar-refractivity contribution in [3.63, 3.8) is 0 Å². The second-order valence-corrected chi connectivity index (χ2v) is 9.73. The summed E-state index contributed by atoms with van der Waals surface area (Å²) in [5.41, 5.74) is 1.65. The van der Waals surface area contributed by atoms with Crippen LogP contribution in [0.1, 0.15) is 73.6 Å². The highest BCUT2D eigenvalue weighted by Gasteiger charge is 2.56. The van der Waals surface area contributed by atoms with E-state index < -0.39 is 5.79 Å². The molecule has 2 aliphatic carbocycles. The summed E-state index contributed by atoms with van der Waals surface area (Å²) in [5, 5.41) is 0. The second-order valence-electron chi connectivity index (χ2n) is 9.73. The predicted molar refractivity (Wildman–Crippen MR) is 102 cm³/mol. The Morgan fingerprint density at radius 2 is 1.85 bits per heavy atom. The number of hydrogen-bond acceptors (Lipinski definition) is 4. The van der Waals surface area contributed by atoms with Gasteiger partial charge in [-0.15, -0.1) is 0 Å². The lowest BCUT2D eigenvalue weighted by Crippen LogP contribution is -2.55. The van der Waals surface area contributed by atoms with Crippen molar-refractivity contribution in [2.75, 3.05) is 13.2 Å². The van der Waals surface area contributed by atoms with Crippen LogP contribution in [0.2, 0.25) is 0 Å². The van der Waals surface area contributed by atoms with Crippen LogP contribution in [0, 0.1) is 22.7 Å². The molecule has 0 aromatic rings. The number of ether oxygens (including phenoxy) is 3. The van der Waals surface area contributed by atoms with Gasteiger partial charge in [-0.2, -0.15) is 0 Å². The van der Waals surface area contributed by atoms with Crippen LogP contribution in [0.3, 0.4) is 0 Å². The van der Waals surface area contributed by atoms with Crippen LogP contribution in [-0.4, -0.2) is 31.1 Å². The van der Waals surface area contributed by atoms with Crippen LogP contribution in [-0.2, 0) is 19.0 Å². The third kappa shape index (κ3) is 3.60. The molecule has 0 radical (unpaired) electrons. The van der Waals surface area contributed by atoms with Gasteiger partial charge >= 0.3 is 5.97 Å². The van der Waals surface area contributed by atoms with E-state index in [1.165, 1.54) is 31.8 Å². The minimum atomic E-state index is -0.441. The number of fused-ring (bicyclic) bond motifs is 1. The van der Waals surface area contributed by atoms with Crippen LogP contribution in [0.15, 0.2) is 11.6 Å². The van der Waals surface area contributed by atoms with Crippen LogP contribution in [0.25, 0.3) is 0 Å². The molecular formula is C22H36O4. The average molecular weight is 365 g/mol. The minimum absolute atomic E-state index is 0.112. The van der Waals surface area contributed by atoms with Gasteiger partial charge in [0.25, 0.3) is 0 Å². The Labute approximate surface area is 158 Å². The molecule has 0 spiro atoms. The number of hydrogen-bond donors (Lipinski definition) is 0. The molecule has 1 saturated carbocycles. The Bertz CT molecular complexity index is 573. The van der Waals surface area contributed by atoms with Gasteiger partial charge in [-0.25, -0.2) is 0 Å². The van der Waals surface area contributed by atoms with Crippen LogP contribution < -0.4 is 0 Å². The lowest BCUT2D eigenvalue weighted by Gasteiger charge is -2.58. The van der Waals surface area contributed by atoms with Crippen molar-refractivity contribution in [2.45, 2.75) is 85.5 Å². The van der Waals surface area contributed by atoms with Crippen molar-refractivity contribution in [3.8, 4) is 0 Å². The summed E-state index contributed by atoms with van der Waals surface area (Å²) in [4.78, 5) is 11.7. The third-order valence-electron chi connectivity index (χ3n) is 7.28. The molecule has 0 bridgehead atoms. The molecule has 2 fully saturated rings. The SMILES string of the molecule is CC(=O)O[C@@H]1C=C(C)[C@H](CCC2(C)OCCO2)[C@@]2(C)CCCC(C)(C)C12. The summed E-state index contributed by atoms with van der Waals surface area (Å²) in [5.74, 6) is 0.202. The number of allylic oxidation sites excluding steroid dienone is 1. The van der Waals surface area contributed by atoms with E-state index in [0.717, 1.165) is 12.8 Å². The largest absolute Gasteiger partial charge is 0.458 e. The number of esters is 1. The molecule has 0 aromatic carbocycles. The van der Waals surface area contributed by atoms with Gasteiger partial charge in [0.15, 0.2) is 5.79 Å². The molecule has 1 aliphatic heterocycles. The predicted octanol–water partition coefficient (Wildman–Crippen LogP) is 4.87. The summed E-state index contributed by atoms with van der Waals surface area (Å²) in [7, 11) is 0. The van der Waals surface area contributed by atoms with E-state index >= 15 is 0 Å². The van der Waals surface area contributed by atoms with Crippen molar-refractivity contribution in [1.29, 1.82) is 0 Å². The Kier molecular flexibility index (Phi) is 5.31. The molecule has 4 heteroatoms. The molecule has 1 saturated heterocycles. The summed E-state index contributed by atoms with van der Waals surface area (Å²) in [6.07, 6.45) is 7.68. The molecule has 4 atom stereocenters. The zero-order valence-electron chi connectivity index (χ0n) is 17.4. The summed E-state index contributed by atoms with van der Waals surface area (Å²) in [6, 6.07) is 0. The normalized spacial score (nSPS) is 38.4. The van der Waals surface area contributed by atoms with Gasteiger partial charge in [0, 0.05) is 19.3 Å². The smallest absolute Gasteiger partial charge is 0.303 e. The molecule has 26 heavy (non-hydrogen) atoms. The molecular weight excluding hydrogens is 328 g/mol. The lowest BCUT2D eigenvalue weighted by atomic mass is 9.47. The first-order chi connectivity index (χ1) is 12.1. The van der Waals surface area contributed by atoms with Gasteiger partial charge in [-0.1, -0.05) is 32.8 Å². The Hall–Kier alpha value is -0.870. The Balaban J connectivity index is 1.90. The molecule has 4 nitrogen and oxygen atoms in total. The topological polar surface area (TPSA) is 44.8 Å². The average Bonchev–Trinajstić information content (AvgIpc) is 2.91. The van der Waals surface area contributed by atoms with Gasteiger partial charge in [-0.3, -0.25) is 4.79 Å². The van der Waals surface area contributed by atoms with E-state index in [2.05, 4.69) is 40.7 Å². The van der Waals surface area contributed by atoms with Gasteiger partial charge < -0.3 is 14.2 Å². The van der Waals surface area contributed by atoms with E-state index in [-0.39, 0.29) is 22.9 Å². The fraction of sp³-hybridized carbons (Fsp3) is 0.864.